The van der Waals surface area contributed by atoms with E-state index in [0.717, 1.165) is 0 Å². The van der Waals surface area contributed by atoms with Gasteiger partial charge in [-0.3, -0.25) is 19.2 Å². The quantitative estimate of drug-likeness (QED) is 0.509. The molecule has 0 saturated heterocycles. The summed E-state index contributed by atoms with van der Waals surface area (Å²) in [7, 11) is 2.79. The number of carboxylic acids is 1. The molecule has 0 unspecified atom stereocenters. The monoisotopic (exact) mass is 439 g/mol. The molecule has 0 aliphatic heterocycles. The van der Waals surface area contributed by atoms with Gasteiger partial charge in [0.05, 0.1) is 25.3 Å². The van der Waals surface area contributed by atoms with Crippen LogP contribution in [0.1, 0.15) is 50.8 Å². The third kappa shape index (κ3) is 4.04. The Morgan fingerprint density at radius 1 is 1.00 bits per heavy atom. The minimum absolute atomic E-state index is 0.0283. The molecule has 2 aromatic rings. The summed E-state index contributed by atoms with van der Waals surface area (Å²) >= 11 is 0. The van der Waals surface area contributed by atoms with Crippen molar-refractivity contribution in [1.82, 2.24) is 5.32 Å². The van der Waals surface area contributed by atoms with Gasteiger partial charge in [-0.1, -0.05) is 17.7 Å². The van der Waals surface area contributed by atoms with Gasteiger partial charge in [0.15, 0.2) is 23.1 Å². The summed E-state index contributed by atoms with van der Waals surface area (Å²) in [6, 6.07) is 5.85. The molecular formula is C23H21NO8. The Hall–Kier alpha value is -4.14. The number of ether oxygens (including phenoxy) is 2. The third-order valence-electron chi connectivity index (χ3n) is 4.98. The molecule has 0 heterocycles. The minimum atomic E-state index is -1.16. The first-order valence-electron chi connectivity index (χ1n) is 9.55. The molecule has 0 fully saturated rings. The van der Waals surface area contributed by atoms with Crippen LogP contribution in [0.3, 0.4) is 0 Å². The predicted octanol–water partition coefficient (Wildman–Crippen LogP) is 2.18. The van der Waals surface area contributed by atoms with Crippen LogP contribution in [0, 0.1) is 0 Å². The van der Waals surface area contributed by atoms with E-state index in [1.165, 1.54) is 44.6 Å². The zero-order valence-corrected chi connectivity index (χ0v) is 17.6. The van der Waals surface area contributed by atoms with Crippen LogP contribution in [0.5, 0.6) is 17.2 Å². The van der Waals surface area contributed by atoms with E-state index in [-0.39, 0.29) is 45.7 Å². The van der Waals surface area contributed by atoms with Gasteiger partial charge in [0.1, 0.15) is 12.3 Å². The molecule has 1 aliphatic rings. The minimum Gasteiger partial charge on any atom is -0.507 e. The van der Waals surface area contributed by atoms with Gasteiger partial charge in [-0.2, -0.15) is 0 Å². The number of hydrogen-bond donors (Lipinski definition) is 3. The van der Waals surface area contributed by atoms with E-state index in [0.29, 0.717) is 11.3 Å². The van der Waals surface area contributed by atoms with E-state index >= 15 is 0 Å². The fourth-order valence-corrected chi connectivity index (χ4v) is 3.56. The number of ketones is 2. The lowest BCUT2D eigenvalue weighted by Crippen LogP contribution is -2.29. The summed E-state index contributed by atoms with van der Waals surface area (Å²) < 4.78 is 10.5. The molecule has 9 heteroatoms. The maximum Gasteiger partial charge on any atom is 0.322 e. The summed E-state index contributed by atoms with van der Waals surface area (Å²) in [6.07, 6.45) is 1.40. The van der Waals surface area contributed by atoms with Crippen LogP contribution in [0.15, 0.2) is 29.8 Å². The van der Waals surface area contributed by atoms with E-state index in [1.807, 2.05) is 0 Å². The van der Waals surface area contributed by atoms with E-state index in [1.54, 1.807) is 6.92 Å². The highest BCUT2D eigenvalue weighted by Crippen LogP contribution is 2.42. The van der Waals surface area contributed by atoms with Crippen LogP contribution in [0.4, 0.5) is 0 Å². The zero-order chi connectivity index (χ0) is 23.6. The van der Waals surface area contributed by atoms with Crippen molar-refractivity contribution in [1.29, 1.82) is 0 Å². The van der Waals surface area contributed by atoms with Crippen molar-refractivity contribution in [2.75, 3.05) is 20.8 Å². The maximum absolute atomic E-state index is 13.2. The molecule has 3 N–H and O–H groups in total. The molecule has 0 spiro atoms. The second-order valence-electron chi connectivity index (χ2n) is 7.15. The van der Waals surface area contributed by atoms with Gasteiger partial charge in [0, 0.05) is 23.1 Å². The summed E-state index contributed by atoms with van der Waals surface area (Å²) in [4.78, 5) is 48.7. The van der Waals surface area contributed by atoms with Gasteiger partial charge in [0.2, 0.25) is 5.91 Å². The number of phenols is 1. The van der Waals surface area contributed by atoms with E-state index < -0.39 is 30.0 Å². The van der Waals surface area contributed by atoms with Crippen LogP contribution < -0.4 is 14.8 Å². The van der Waals surface area contributed by atoms with Crippen molar-refractivity contribution >= 4 is 29.5 Å². The normalized spacial score (nSPS) is 12.7. The number of aliphatic carboxylic acids is 1. The van der Waals surface area contributed by atoms with Crippen molar-refractivity contribution in [2.24, 2.45) is 0 Å². The molecule has 0 radical (unpaired) electrons. The summed E-state index contributed by atoms with van der Waals surface area (Å²) in [5.41, 5.74) is 0.814. The van der Waals surface area contributed by atoms with Crippen LogP contribution in [-0.4, -0.2) is 54.4 Å². The van der Waals surface area contributed by atoms with Crippen molar-refractivity contribution < 1.29 is 38.9 Å². The highest BCUT2D eigenvalue weighted by molar-refractivity contribution is 6.30. The maximum atomic E-state index is 13.2. The molecule has 166 valence electrons. The standard InChI is InChI=1S/C23H21NO8/c1-11(9-16(25)24-10-17(26)27)8-12-4-5-13-18(20(12)28)21(29)14-6-7-15(31-2)23(32-3)19(14)22(13)30/h4-8,28H,9-10H2,1-3H3,(H,24,25)(H,26,27)/b11-8-. The number of carbonyl (C=O) groups excluding carboxylic acids is 3. The van der Waals surface area contributed by atoms with Gasteiger partial charge < -0.3 is 25.0 Å². The second kappa shape index (κ2) is 8.93. The predicted molar refractivity (Wildman–Crippen MR) is 113 cm³/mol. The number of carbonyl (C=O) groups is 4. The number of hydrogen-bond acceptors (Lipinski definition) is 7. The zero-order valence-electron chi connectivity index (χ0n) is 17.6. The van der Waals surface area contributed by atoms with E-state index in [4.69, 9.17) is 14.6 Å². The Bertz CT molecular complexity index is 1180. The van der Waals surface area contributed by atoms with Crippen LogP contribution in [-0.2, 0) is 9.59 Å². The lowest BCUT2D eigenvalue weighted by molar-refractivity contribution is -0.137. The first-order valence-corrected chi connectivity index (χ1v) is 9.55. The average Bonchev–Trinajstić information content (AvgIpc) is 2.76. The molecule has 0 bridgehead atoms. The average molecular weight is 439 g/mol. The summed E-state index contributed by atoms with van der Waals surface area (Å²) in [5, 5.41) is 21.6. The lowest BCUT2D eigenvalue weighted by atomic mass is 9.82. The molecule has 0 atom stereocenters. The van der Waals surface area contributed by atoms with Gasteiger partial charge >= 0.3 is 5.97 Å². The number of nitrogens with one attached hydrogen (secondary N) is 1. The lowest BCUT2D eigenvalue weighted by Gasteiger charge is -2.22. The SMILES string of the molecule is COc1ccc2c(c1OC)C(=O)c1ccc(/C=C(/C)CC(=O)NCC(=O)O)c(O)c1C2=O. The Labute approximate surface area is 183 Å². The van der Waals surface area contributed by atoms with Gasteiger partial charge in [0.25, 0.3) is 0 Å². The Morgan fingerprint density at radius 2 is 1.62 bits per heavy atom. The molecular weight excluding hydrogens is 418 g/mol. The number of methoxy groups -OCH3 is 2. The Kier molecular flexibility index (Phi) is 6.29. The summed E-state index contributed by atoms with van der Waals surface area (Å²) in [6.45, 7) is 1.12. The third-order valence-corrected chi connectivity index (χ3v) is 4.98. The van der Waals surface area contributed by atoms with Crippen molar-refractivity contribution in [3.05, 3.63) is 57.7 Å². The smallest absolute Gasteiger partial charge is 0.322 e. The van der Waals surface area contributed by atoms with Gasteiger partial charge in [-0.25, -0.2) is 0 Å². The number of benzene rings is 2. The molecule has 3 rings (SSSR count). The number of amides is 1. The number of carboxylic acid groups (broad SMARTS) is 1. The highest BCUT2D eigenvalue weighted by atomic mass is 16.5. The van der Waals surface area contributed by atoms with Gasteiger partial charge in [-0.15, -0.1) is 0 Å². The first-order chi connectivity index (χ1) is 15.2. The molecule has 9 nitrogen and oxygen atoms in total. The van der Waals surface area contributed by atoms with Crippen molar-refractivity contribution in [3.8, 4) is 17.2 Å². The molecule has 1 amide bonds. The second-order valence-corrected chi connectivity index (χ2v) is 7.15. The number of phenolic OH excluding ortho intramolecular Hbond substituents is 1. The summed E-state index contributed by atoms with van der Waals surface area (Å²) in [5.74, 6) is -2.63. The Balaban J connectivity index is 1.99. The van der Waals surface area contributed by atoms with Crippen LogP contribution >= 0.6 is 0 Å². The topological polar surface area (TPSA) is 139 Å². The highest BCUT2D eigenvalue weighted by Gasteiger charge is 2.36. The fourth-order valence-electron chi connectivity index (χ4n) is 3.56. The molecule has 2 aromatic carbocycles. The molecule has 0 aromatic heterocycles. The van der Waals surface area contributed by atoms with Crippen molar-refractivity contribution in [2.45, 2.75) is 13.3 Å². The first kappa shape index (κ1) is 22.5. The molecule has 32 heavy (non-hydrogen) atoms. The van der Waals surface area contributed by atoms with Crippen LogP contribution in [0.25, 0.3) is 6.08 Å². The fraction of sp³-hybridized carbons (Fsp3) is 0.217. The van der Waals surface area contributed by atoms with E-state index in [2.05, 4.69) is 5.32 Å². The van der Waals surface area contributed by atoms with Crippen molar-refractivity contribution in [3.63, 3.8) is 0 Å². The number of fused-ring (bicyclic) bond motifs is 2. The Morgan fingerprint density at radius 3 is 2.25 bits per heavy atom. The molecule has 0 saturated carbocycles. The number of rotatable bonds is 7. The largest absolute Gasteiger partial charge is 0.507 e. The van der Waals surface area contributed by atoms with Gasteiger partial charge in [-0.05, 0) is 25.1 Å². The van der Waals surface area contributed by atoms with E-state index in [9.17, 15) is 24.3 Å². The van der Waals surface area contributed by atoms with Crippen LogP contribution in [0.2, 0.25) is 0 Å². The number of aromatic hydroxyl groups is 1. The molecule has 1 aliphatic carbocycles.